The van der Waals surface area contributed by atoms with Crippen LogP contribution in [0, 0.1) is 6.92 Å². The fourth-order valence-electron chi connectivity index (χ4n) is 4.00. The van der Waals surface area contributed by atoms with Crippen LogP contribution < -0.4 is 16.2 Å². The molecule has 2 N–H and O–H groups in total. The Morgan fingerprint density at radius 1 is 1.17 bits per heavy atom. The molecule has 0 saturated carbocycles. The molecule has 0 radical (unpaired) electrons. The molecule has 178 valence electrons. The van der Waals surface area contributed by atoms with E-state index in [0.717, 1.165) is 5.69 Å². The first kappa shape index (κ1) is 22.1. The number of carbonyl (C=O) groups excluding carboxylic acids is 2. The molecule has 35 heavy (non-hydrogen) atoms. The lowest BCUT2D eigenvalue weighted by Crippen LogP contribution is -2.47. The summed E-state index contributed by atoms with van der Waals surface area (Å²) in [5.41, 5.74) is 1.15. The minimum Gasteiger partial charge on any atom is -0.464 e. The number of aryl methyl sites for hydroxylation is 1. The lowest BCUT2D eigenvalue weighted by atomic mass is 10.00. The van der Waals surface area contributed by atoms with Crippen molar-refractivity contribution < 1.29 is 18.7 Å². The van der Waals surface area contributed by atoms with E-state index in [2.05, 4.69) is 20.7 Å². The topological polar surface area (TPSA) is 133 Å². The van der Waals surface area contributed by atoms with Gasteiger partial charge in [-0.25, -0.2) is 19.3 Å². The molecule has 0 unspecified atom stereocenters. The van der Waals surface area contributed by atoms with Gasteiger partial charge in [-0.2, -0.15) is 5.10 Å². The van der Waals surface area contributed by atoms with Crippen LogP contribution in [0.1, 0.15) is 24.5 Å². The maximum atomic E-state index is 13.3. The van der Waals surface area contributed by atoms with Gasteiger partial charge >= 0.3 is 12.0 Å². The summed E-state index contributed by atoms with van der Waals surface area (Å²) >= 11 is 0. The quantitative estimate of drug-likeness (QED) is 0.410. The summed E-state index contributed by atoms with van der Waals surface area (Å²) in [7, 11) is 0. The lowest BCUT2D eigenvalue weighted by molar-refractivity contribution is -0.139. The molecule has 2 amide bonds. The van der Waals surface area contributed by atoms with Gasteiger partial charge in [0.1, 0.15) is 29.3 Å². The van der Waals surface area contributed by atoms with Gasteiger partial charge in [0, 0.05) is 0 Å². The van der Waals surface area contributed by atoms with Crippen LogP contribution in [0.25, 0.3) is 16.7 Å². The SMILES string of the molecule is CCOC(=O)C1=C(Cn2cnc3c(cnn3-c3ccccc3)c2=O)NC(=O)N[C@@H]1c1ccc(C)o1. The Labute approximate surface area is 199 Å². The van der Waals surface area contributed by atoms with Crippen molar-refractivity contribution in [3.05, 3.63) is 88.1 Å². The van der Waals surface area contributed by atoms with Crippen molar-refractivity contribution >= 4 is 23.0 Å². The van der Waals surface area contributed by atoms with Gasteiger partial charge in [-0.1, -0.05) is 18.2 Å². The van der Waals surface area contributed by atoms with Crippen LogP contribution in [0.15, 0.2) is 75.5 Å². The minimum absolute atomic E-state index is 0.115. The summed E-state index contributed by atoms with van der Waals surface area (Å²) in [6, 6.07) is 11.3. The number of fused-ring (bicyclic) bond motifs is 1. The summed E-state index contributed by atoms with van der Waals surface area (Å²) in [5, 5.41) is 9.95. The van der Waals surface area contributed by atoms with Gasteiger partial charge in [0.2, 0.25) is 0 Å². The van der Waals surface area contributed by atoms with Gasteiger partial charge in [0.15, 0.2) is 5.65 Å². The number of rotatable bonds is 6. The number of esters is 1. The van der Waals surface area contributed by atoms with Crippen molar-refractivity contribution in [1.29, 1.82) is 0 Å². The van der Waals surface area contributed by atoms with E-state index < -0.39 is 18.0 Å². The molecule has 0 saturated heterocycles. The first-order valence-electron chi connectivity index (χ1n) is 11.0. The van der Waals surface area contributed by atoms with Crippen LogP contribution >= 0.6 is 0 Å². The molecule has 1 atom stereocenters. The normalized spacial score (nSPS) is 15.7. The fourth-order valence-corrected chi connectivity index (χ4v) is 4.00. The number of nitrogens with zero attached hydrogens (tertiary/aromatic N) is 4. The van der Waals surface area contributed by atoms with Crippen LogP contribution in [0.3, 0.4) is 0 Å². The van der Waals surface area contributed by atoms with Crippen molar-refractivity contribution in [3.63, 3.8) is 0 Å². The van der Waals surface area contributed by atoms with Crippen molar-refractivity contribution in [1.82, 2.24) is 30.0 Å². The monoisotopic (exact) mass is 474 g/mol. The van der Waals surface area contributed by atoms with Crippen molar-refractivity contribution in [2.75, 3.05) is 6.61 Å². The molecule has 0 bridgehead atoms. The Balaban J connectivity index is 1.58. The first-order valence-corrected chi connectivity index (χ1v) is 11.0. The maximum Gasteiger partial charge on any atom is 0.338 e. The Morgan fingerprint density at radius 3 is 2.69 bits per heavy atom. The molecule has 11 nitrogen and oxygen atoms in total. The standard InChI is InChI=1S/C24H22N6O5/c1-3-34-23(32)19-17(27-24(33)28-20(19)18-10-9-14(2)35-18)12-29-13-25-21-16(22(29)31)11-26-30(21)15-7-5-4-6-8-15/h4-11,13,20H,3,12H2,1-2H3,(H2,27,28,33)/t20-/m1/s1. The zero-order valence-electron chi connectivity index (χ0n) is 19.0. The third-order valence-electron chi connectivity index (χ3n) is 5.58. The number of aromatic nitrogens is 4. The van der Waals surface area contributed by atoms with E-state index in [9.17, 15) is 14.4 Å². The molecule has 0 fully saturated rings. The molecular weight excluding hydrogens is 452 g/mol. The number of hydrogen-bond donors (Lipinski definition) is 2. The van der Waals surface area contributed by atoms with Crippen LogP contribution in [0.4, 0.5) is 4.79 Å². The lowest BCUT2D eigenvalue weighted by Gasteiger charge is -2.28. The number of ether oxygens (including phenoxy) is 1. The first-order chi connectivity index (χ1) is 17.0. The number of carbonyl (C=O) groups is 2. The number of urea groups is 1. The summed E-state index contributed by atoms with van der Waals surface area (Å²) in [5.74, 6) is 0.370. The Morgan fingerprint density at radius 2 is 1.97 bits per heavy atom. The molecule has 5 rings (SSSR count). The maximum absolute atomic E-state index is 13.3. The highest BCUT2D eigenvalue weighted by molar-refractivity contribution is 5.95. The van der Waals surface area contributed by atoms with Gasteiger partial charge in [0.05, 0.1) is 36.3 Å². The molecule has 1 aliphatic heterocycles. The molecule has 4 heterocycles. The predicted octanol–water partition coefficient (Wildman–Crippen LogP) is 2.35. The Kier molecular flexibility index (Phi) is 5.65. The third kappa shape index (κ3) is 4.07. The summed E-state index contributed by atoms with van der Waals surface area (Å²) < 4.78 is 13.8. The minimum atomic E-state index is -0.875. The van der Waals surface area contributed by atoms with E-state index in [1.807, 2.05) is 30.3 Å². The average molecular weight is 474 g/mol. The average Bonchev–Trinajstić information content (AvgIpc) is 3.48. The van der Waals surface area contributed by atoms with Gasteiger partial charge in [-0.05, 0) is 38.1 Å². The zero-order valence-corrected chi connectivity index (χ0v) is 19.0. The van der Waals surface area contributed by atoms with Gasteiger partial charge < -0.3 is 19.8 Å². The molecule has 0 aliphatic carbocycles. The highest BCUT2D eigenvalue weighted by atomic mass is 16.5. The second kappa shape index (κ2) is 8.93. The van der Waals surface area contributed by atoms with E-state index in [0.29, 0.717) is 22.6 Å². The highest BCUT2D eigenvalue weighted by Gasteiger charge is 2.35. The predicted molar refractivity (Wildman–Crippen MR) is 125 cm³/mol. The van der Waals surface area contributed by atoms with E-state index >= 15 is 0 Å². The Hall–Kier alpha value is -4.67. The van der Waals surface area contributed by atoms with E-state index in [1.54, 1.807) is 30.7 Å². The molecule has 11 heteroatoms. The molecule has 4 aromatic rings. The van der Waals surface area contributed by atoms with E-state index in [-0.39, 0.29) is 30.0 Å². The van der Waals surface area contributed by atoms with Gasteiger partial charge in [-0.3, -0.25) is 9.36 Å². The van der Waals surface area contributed by atoms with Crippen molar-refractivity contribution in [2.45, 2.75) is 26.4 Å². The van der Waals surface area contributed by atoms with Crippen molar-refractivity contribution in [2.24, 2.45) is 0 Å². The summed E-state index contributed by atoms with van der Waals surface area (Å²) in [6.07, 6.45) is 2.81. The number of furan rings is 1. The largest absolute Gasteiger partial charge is 0.464 e. The number of allylic oxidation sites excluding steroid dienone is 1. The number of hydrogen-bond acceptors (Lipinski definition) is 7. The number of amides is 2. The molecule has 1 aromatic carbocycles. The molecule has 1 aliphatic rings. The molecular formula is C24H22N6O5. The highest BCUT2D eigenvalue weighted by Crippen LogP contribution is 2.29. The van der Waals surface area contributed by atoms with Crippen LogP contribution in [0.2, 0.25) is 0 Å². The summed E-state index contributed by atoms with van der Waals surface area (Å²) in [4.78, 5) is 43.1. The number of benzene rings is 1. The molecule has 0 spiro atoms. The fraction of sp³-hybridized carbons (Fsp3) is 0.208. The number of nitrogens with one attached hydrogen (secondary N) is 2. The van der Waals surface area contributed by atoms with Crippen LogP contribution in [-0.4, -0.2) is 37.9 Å². The second-order valence-corrected chi connectivity index (χ2v) is 7.90. The number of para-hydroxylation sites is 1. The Bertz CT molecular complexity index is 1510. The zero-order chi connectivity index (χ0) is 24.5. The molecule has 3 aromatic heterocycles. The van der Waals surface area contributed by atoms with Crippen LogP contribution in [-0.2, 0) is 16.1 Å². The second-order valence-electron chi connectivity index (χ2n) is 7.90. The summed E-state index contributed by atoms with van der Waals surface area (Å²) in [6.45, 7) is 3.47. The van der Waals surface area contributed by atoms with Gasteiger partial charge in [0.25, 0.3) is 5.56 Å². The van der Waals surface area contributed by atoms with Gasteiger partial charge in [-0.15, -0.1) is 0 Å². The van der Waals surface area contributed by atoms with E-state index in [1.165, 1.54) is 17.1 Å². The van der Waals surface area contributed by atoms with Crippen molar-refractivity contribution in [3.8, 4) is 5.69 Å². The van der Waals surface area contributed by atoms with Crippen LogP contribution in [0.5, 0.6) is 0 Å². The third-order valence-corrected chi connectivity index (χ3v) is 5.58. The smallest absolute Gasteiger partial charge is 0.338 e. The van der Waals surface area contributed by atoms with E-state index in [4.69, 9.17) is 9.15 Å².